The van der Waals surface area contributed by atoms with E-state index >= 15 is 0 Å². The maximum atomic E-state index is 12.0. The first-order chi connectivity index (χ1) is 9.60. The molecule has 1 aromatic carbocycles. The molecule has 1 atom stereocenters. The van der Waals surface area contributed by atoms with Gasteiger partial charge in [0.05, 0.1) is 18.7 Å². The summed E-state index contributed by atoms with van der Waals surface area (Å²) >= 11 is 6.03. The number of carbonyl (C=O) groups excluding carboxylic acids is 1. The largest absolute Gasteiger partial charge is 0.495 e. The van der Waals surface area contributed by atoms with E-state index in [0.717, 1.165) is 19.6 Å². The van der Waals surface area contributed by atoms with Gasteiger partial charge in [0.2, 0.25) is 5.91 Å². The minimum atomic E-state index is -0.0278. The van der Waals surface area contributed by atoms with Gasteiger partial charge in [0, 0.05) is 31.4 Å². The van der Waals surface area contributed by atoms with Gasteiger partial charge in [-0.25, -0.2) is 0 Å². The number of amides is 1. The first-order valence-corrected chi connectivity index (χ1v) is 7.06. The number of nitrogens with zero attached hydrogens (tertiary/aromatic N) is 1. The van der Waals surface area contributed by atoms with Gasteiger partial charge in [-0.2, -0.15) is 0 Å². The van der Waals surface area contributed by atoms with Crippen LogP contribution in [0.15, 0.2) is 18.2 Å². The average molecular weight is 298 g/mol. The summed E-state index contributed by atoms with van der Waals surface area (Å²) in [7, 11) is 1.56. The van der Waals surface area contributed by atoms with Gasteiger partial charge in [0.25, 0.3) is 0 Å². The summed E-state index contributed by atoms with van der Waals surface area (Å²) in [4.78, 5) is 14.2. The van der Waals surface area contributed by atoms with Crippen LogP contribution in [0.3, 0.4) is 0 Å². The fourth-order valence-electron chi connectivity index (χ4n) is 2.25. The molecule has 20 heavy (non-hydrogen) atoms. The highest BCUT2D eigenvalue weighted by atomic mass is 35.5. The van der Waals surface area contributed by atoms with Gasteiger partial charge in [-0.1, -0.05) is 11.6 Å². The fraction of sp³-hybridized carbons (Fsp3) is 0.500. The summed E-state index contributed by atoms with van der Waals surface area (Å²) in [6, 6.07) is 5.59. The zero-order valence-corrected chi connectivity index (χ0v) is 12.5. The molecule has 1 heterocycles. The van der Waals surface area contributed by atoms with E-state index in [1.807, 2.05) is 0 Å². The lowest BCUT2D eigenvalue weighted by molar-refractivity contribution is -0.118. The molecule has 1 aliphatic heterocycles. The Hall–Kier alpha value is -1.30. The number of anilines is 1. The molecule has 1 aromatic rings. The molecule has 0 radical (unpaired) electrons. The number of halogens is 1. The third kappa shape index (κ3) is 3.85. The maximum absolute atomic E-state index is 12.0. The van der Waals surface area contributed by atoms with Crippen LogP contribution in [0.2, 0.25) is 5.02 Å². The molecule has 0 aromatic heterocycles. The lowest BCUT2D eigenvalue weighted by Gasteiger charge is -2.33. The van der Waals surface area contributed by atoms with Crippen molar-refractivity contribution in [2.24, 2.45) is 0 Å². The third-order valence-electron chi connectivity index (χ3n) is 3.42. The Morgan fingerprint density at radius 1 is 1.60 bits per heavy atom. The van der Waals surface area contributed by atoms with Crippen molar-refractivity contribution in [2.75, 3.05) is 38.6 Å². The highest BCUT2D eigenvalue weighted by molar-refractivity contribution is 6.32. The minimum absolute atomic E-state index is 0.0278. The number of hydrogen-bond acceptors (Lipinski definition) is 4. The number of rotatable bonds is 4. The van der Waals surface area contributed by atoms with Gasteiger partial charge in [-0.15, -0.1) is 0 Å². The molecule has 0 bridgehead atoms. The summed E-state index contributed by atoms with van der Waals surface area (Å²) in [5, 5.41) is 6.65. The number of ether oxygens (including phenoxy) is 1. The van der Waals surface area contributed by atoms with E-state index in [1.165, 1.54) is 0 Å². The normalized spacial score (nSPS) is 19.6. The Morgan fingerprint density at radius 2 is 2.40 bits per heavy atom. The molecule has 1 amide bonds. The van der Waals surface area contributed by atoms with Crippen LogP contribution < -0.4 is 15.4 Å². The van der Waals surface area contributed by atoms with Crippen LogP contribution in [0.4, 0.5) is 5.69 Å². The predicted molar refractivity (Wildman–Crippen MR) is 80.5 cm³/mol. The molecule has 1 aliphatic rings. The van der Waals surface area contributed by atoms with Crippen molar-refractivity contribution >= 4 is 23.2 Å². The van der Waals surface area contributed by atoms with Crippen LogP contribution in [0.5, 0.6) is 5.75 Å². The van der Waals surface area contributed by atoms with Crippen molar-refractivity contribution in [3.63, 3.8) is 0 Å². The van der Waals surface area contributed by atoms with Crippen LogP contribution in [-0.2, 0) is 4.79 Å². The van der Waals surface area contributed by atoms with E-state index in [0.29, 0.717) is 29.0 Å². The van der Waals surface area contributed by atoms with Gasteiger partial charge < -0.3 is 15.4 Å². The van der Waals surface area contributed by atoms with Crippen LogP contribution in [0, 0.1) is 0 Å². The maximum Gasteiger partial charge on any atom is 0.238 e. The molecule has 1 saturated heterocycles. The van der Waals surface area contributed by atoms with Gasteiger partial charge in [0.15, 0.2) is 0 Å². The van der Waals surface area contributed by atoms with E-state index in [-0.39, 0.29) is 5.91 Å². The quantitative estimate of drug-likeness (QED) is 0.886. The molecule has 0 spiro atoms. The number of piperazine rings is 1. The van der Waals surface area contributed by atoms with E-state index in [2.05, 4.69) is 22.5 Å². The van der Waals surface area contributed by atoms with E-state index in [1.54, 1.807) is 25.3 Å². The van der Waals surface area contributed by atoms with Crippen LogP contribution >= 0.6 is 11.6 Å². The molecule has 6 heteroatoms. The second-order valence-electron chi connectivity index (χ2n) is 4.92. The summed E-state index contributed by atoms with van der Waals surface area (Å²) in [6.45, 7) is 5.24. The van der Waals surface area contributed by atoms with Crippen molar-refractivity contribution in [1.82, 2.24) is 10.2 Å². The van der Waals surface area contributed by atoms with Crippen LogP contribution in [-0.4, -0.2) is 50.1 Å². The summed E-state index contributed by atoms with van der Waals surface area (Å²) in [5.41, 5.74) is 0.684. The van der Waals surface area contributed by atoms with Crippen molar-refractivity contribution in [3.8, 4) is 5.75 Å². The highest BCUT2D eigenvalue weighted by Crippen LogP contribution is 2.27. The molecule has 5 nitrogen and oxygen atoms in total. The van der Waals surface area contributed by atoms with Crippen LogP contribution in [0.25, 0.3) is 0 Å². The standard InChI is InChI=1S/C14H20ClN3O2/c1-10-8-16-5-6-18(10)9-14(19)17-11-3-4-13(20-2)12(15)7-11/h3-4,7,10,16H,5-6,8-9H2,1-2H3,(H,17,19)/t10-/m1/s1. The zero-order valence-electron chi connectivity index (χ0n) is 11.8. The summed E-state index contributed by atoms with van der Waals surface area (Å²) in [5.74, 6) is 0.570. The Morgan fingerprint density at radius 3 is 3.05 bits per heavy atom. The Bertz CT molecular complexity index is 481. The number of hydrogen-bond donors (Lipinski definition) is 2. The number of benzene rings is 1. The summed E-state index contributed by atoms with van der Waals surface area (Å²) in [6.07, 6.45) is 0. The topological polar surface area (TPSA) is 53.6 Å². The second kappa shape index (κ2) is 6.92. The monoisotopic (exact) mass is 297 g/mol. The Kier molecular flexibility index (Phi) is 5.23. The Labute approximate surface area is 124 Å². The molecule has 110 valence electrons. The van der Waals surface area contributed by atoms with Crippen molar-refractivity contribution in [3.05, 3.63) is 23.2 Å². The van der Waals surface area contributed by atoms with E-state index in [4.69, 9.17) is 16.3 Å². The van der Waals surface area contributed by atoms with Gasteiger partial charge in [-0.3, -0.25) is 9.69 Å². The average Bonchev–Trinajstić information content (AvgIpc) is 2.41. The first-order valence-electron chi connectivity index (χ1n) is 6.68. The van der Waals surface area contributed by atoms with Gasteiger partial charge >= 0.3 is 0 Å². The first kappa shape index (κ1) is 15.1. The lowest BCUT2D eigenvalue weighted by atomic mass is 10.2. The molecule has 0 aliphatic carbocycles. The summed E-state index contributed by atoms with van der Waals surface area (Å²) < 4.78 is 5.08. The Balaban J connectivity index is 1.92. The zero-order chi connectivity index (χ0) is 14.5. The van der Waals surface area contributed by atoms with E-state index < -0.39 is 0 Å². The molecular formula is C14H20ClN3O2. The number of carbonyl (C=O) groups is 1. The molecular weight excluding hydrogens is 278 g/mol. The smallest absolute Gasteiger partial charge is 0.238 e. The number of nitrogens with one attached hydrogen (secondary N) is 2. The molecule has 1 fully saturated rings. The lowest BCUT2D eigenvalue weighted by Crippen LogP contribution is -2.51. The van der Waals surface area contributed by atoms with Gasteiger partial charge in [0.1, 0.15) is 5.75 Å². The van der Waals surface area contributed by atoms with Crippen LogP contribution in [0.1, 0.15) is 6.92 Å². The molecule has 2 rings (SSSR count). The SMILES string of the molecule is COc1ccc(NC(=O)CN2CCNC[C@H]2C)cc1Cl. The minimum Gasteiger partial charge on any atom is -0.495 e. The highest BCUT2D eigenvalue weighted by Gasteiger charge is 2.20. The molecule has 0 unspecified atom stereocenters. The van der Waals surface area contributed by atoms with Crippen molar-refractivity contribution < 1.29 is 9.53 Å². The molecule has 0 saturated carbocycles. The second-order valence-corrected chi connectivity index (χ2v) is 5.33. The fourth-order valence-corrected chi connectivity index (χ4v) is 2.50. The third-order valence-corrected chi connectivity index (χ3v) is 3.72. The van der Waals surface area contributed by atoms with E-state index in [9.17, 15) is 4.79 Å². The predicted octanol–water partition coefficient (Wildman–Crippen LogP) is 1.58. The van der Waals surface area contributed by atoms with Gasteiger partial charge in [-0.05, 0) is 25.1 Å². The molecule has 2 N–H and O–H groups in total. The number of methoxy groups -OCH3 is 1. The van der Waals surface area contributed by atoms with Crippen molar-refractivity contribution in [1.29, 1.82) is 0 Å². The van der Waals surface area contributed by atoms with Crippen molar-refractivity contribution in [2.45, 2.75) is 13.0 Å².